The predicted octanol–water partition coefficient (Wildman–Crippen LogP) is 2.92. The van der Waals surface area contributed by atoms with E-state index in [2.05, 4.69) is 24.1 Å². The fourth-order valence-corrected chi connectivity index (χ4v) is 2.64. The Labute approximate surface area is 107 Å². The molecule has 1 heterocycles. The number of hydrogen-bond acceptors (Lipinski definition) is 2. The zero-order valence-corrected chi connectivity index (χ0v) is 10.9. The van der Waals surface area contributed by atoms with Crippen LogP contribution in [0.4, 0.5) is 4.39 Å². The highest BCUT2D eigenvalue weighted by Gasteiger charge is 2.29. The minimum Gasteiger partial charge on any atom is -0.349 e. The molecule has 1 atom stereocenters. The Morgan fingerprint density at radius 2 is 2.33 bits per heavy atom. The molecule has 0 aliphatic heterocycles. The van der Waals surface area contributed by atoms with Crippen LogP contribution in [0, 0.1) is 11.2 Å². The minimum absolute atomic E-state index is 0.0772. The third kappa shape index (κ3) is 3.06. The molecule has 98 valence electrons. The molecular formula is C14H19FN2O. The van der Waals surface area contributed by atoms with Crippen LogP contribution in [-0.2, 0) is 0 Å². The molecule has 4 heteroatoms. The first-order valence-corrected chi connectivity index (χ1v) is 6.38. The Hall–Kier alpha value is -1.45. The molecule has 0 radical (unpaired) electrons. The number of amides is 1. The second-order valence-corrected chi connectivity index (χ2v) is 5.79. The Bertz CT molecular complexity index is 445. The van der Waals surface area contributed by atoms with E-state index >= 15 is 0 Å². The van der Waals surface area contributed by atoms with Gasteiger partial charge in [0.05, 0.1) is 11.8 Å². The minimum atomic E-state index is -0.565. The summed E-state index contributed by atoms with van der Waals surface area (Å²) in [6, 6.07) is 1.56. The average molecular weight is 250 g/mol. The van der Waals surface area contributed by atoms with Crippen LogP contribution in [0.25, 0.3) is 0 Å². The number of nitrogens with zero attached hydrogens (tertiary/aromatic N) is 1. The zero-order chi connectivity index (χ0) is 13.2. The first-order valence-electron chi connectivity index (χ1n) is 6.38. The van der Waals surface area contributed by atoms with Crippen molar-refractivity contribution in [1.29, 1.82) is 0 Å². The molecular weight excluding hydrogens is 231 g/mol. The maximum Gasteiger partial charge on any atom is 0.254 e. The third-order valence-electron chi connectivity index (χ3n) is 3.56. The molecule has 3 nitrogen and oxygen atoms in total. The molecule has 1 saturated carbocycles. The van der Waals surface area contributed by atoms with Crippen molar-refractivity contribution < 1.29 is 9.18 Å². The highest BCUT2D eigenvalue weighted by molar-refractivity contribution is 5.94. The quantitative estimate of drug-likeness (QED) is 0.877. The second-order valence-electron chi connectivity index (χ2n) is 5.79. The Kier molecular flexibility index (Phi) is 3.64. The number of pyridine rings is 1. The SMILES string of the molecule is CC1(C)CCCC(NC(=O)c2ccncc2F)C1. The smallest absolute Gasteiger partial charge is 0.254 e. The van der Waals surface area contributed by atoms with Gasteiger partial charge in [0.25, 0.3) is 5.91 Å². The van der Waals surface area contributed by atoms with Gasteiger partial charge >= 0.3 is 0 Å². The predicted molar refractivity (Wildman–Crippen MR) is 67.7 cm³/mol. The van der Waals surface area contributed by atoms with Gasteiger partial charge in [0.2, 0.25) is 0 Å². The summed E-state index contributed by atoms with van der Waals surface area (Å²) < 4.78 is 13.4. The average Bonchev–Trinajstić information content (AvgIpc) is 2.28. The summed E-state index contributed by atoms with van der Waals surface area (Å²) in [5, 5.41) is 2.92. The lowest BCUT2D eigenvalue weighted by molar-refractivity contribution is 0.0898. The summed E-state index contributed by atoms with van der Waals surface area (Å²) in [5.74, 6) is -0.900. The van der Waals surface area contributed by atoms with E-state index in [1.807, 2.05) is 0 Å². The van der Waals surface area contributed by atoms with Crippen LogP contribution in [0.15, 0.2) is 18.5 Å². The largest absolute Gasteiger partial charge is 0.349 e. The monoisotopic (exact) mass is 250 g/mol. The summed E-state index contributed by atoms with van der Waals surface area (Å²) >= 11 is 0. The van der Waals surface area contributed by atoms with Gasteiger partial charge in [-0.3, -0.25) is 9.78 Å². The van der Waals surface area contributed by atoms with Crippen LogP contribution in [0.3, 0.4) is 0 Å². The van der Waals surface area contributed by atoms with Crippen molar-refractivity contribution >= 4 is 5.91 Å². The molecule has 0 aromatic carbocycles. The molecule has 2 rings (SSSR count). The summed E-state index contributed by atoms with van der Waals surface area (Å²) in [4.78, 5) is 15.6. The lowest BCUT2D eigenvalue weighted by atomic mass is 9.75. The highest BCUT2D eigenvalue weighted by atomic mass is 19.1. The van der Waals surface area contributed by atoms with Crippen molar-refractivity contribution in [3.05, 3.63) is 29.8 Å². The van der Waals surface area contributed by atoms with Crippen molar-refractivity contribution in [3.8, 4) is 0 Å². The third-order valence-corrected chi connectivity index (χ3v) is 3.56. The molecule has 1 aliphatic rings. The maximum absolute atomic E-state index is 13.4. The number of aromatic nitrogens is 1. The molecule has 1 aromatic heterocycles. The van der Waals surface area contributed by atoms with Crippen molar-refractivity contribution in [1.82, 2.24) is 10.3 Å². The normalized spacial score (nSPS) is 22.5. The van der Waals surface area contributed by atoms with Gasteiger partial charge in [-0.05, 0) is 30.7 Å². The van der Waals surface area contributed by atoms with Gasteiger partial charge in [0.15, 0.2) is 5.82 Å². The van der Waals surface area contributed by atoms with Gasteiger partial charge in [0.1, 0.15) is 0 Å². The van der Waals surface area contributed by atoms with Crippen LogP contribution in [0.5, 0.6) is 0 Å². The molecule has 1 fully saturated rings. The number of halogens is 1. The van der Waals surface area contributed by atoms with Crippen LogP contribution in [0.1, 0.15) is 49.9 Å². The number of nitrogens with one attached hydrogen (secondary N) is 1. The molecule has 18 heavy (non-hydrogen) atoms. The van der Waals surface area contributed by atoms with Crippen molar-refractivity contribution in [2.45, 2.75) is 45.6 Å². The fourth-order valence-electron chi connectivity index (χ4n) is 2.64. The van der Waals surface area contributed by atoms with E-state index in [1.165, 1.54) is 18.7 Å². The Morgan fingerprint density at radius 1 is 1.56 bits per heavy atom. The fraction of sp³-hybridized carbons (Fsp3) is 0.571. The molecule has 0 bridgehead atoms. The zero-order valence-electron chi connectivity index (χ0n) is 10.9. The van der Waals surface area contributed by atoms with E-state index in [-0.39, 0.29) is 22.9 Å². The van der Waals surface area contributed by atoms with Gasteiger partial charge in [-0.25, -0.2) is 4.39 Å². The number of carbonyl (C=O) groups excluding carboxylic acids is 1. The Morgan fingerprint density at radius 3 is 3.00 bits per heavy atom. The molecule has 1 N–H and O–H groups in total. The van der Waals surface area contributed by atoms with E-state index in [9.17, 15) is 9.18 Å². The maximum atomic E-state index is 13.4. The number of rotatable bonds is 2. The van der Waals surface area contributed by atoms with Crippen molar-refractivity contribution in [2.75, 3.05) is 0 Å². The van der Waals surface area contributed by atoms with Crippen molar-refractivity contribution in [2.24, 2.45) is 5.41 Å². The van der Waals surface area contributed by atoms with E-state index in [4.69, 9.17) is 0 Å². The van der Waals surface area contributed by atoms with E-state index in [0.717, 1.165) is 25.5 Å². The molecule has 1 aliphatic carbocycles. The lowest BCUT2D eigenvalue weighted by Crippen LogP contribution is -2.40. The van der Waals surface area contributed by atoms with Gasteiger partial charge in [-0.1, -0.05) is 20.3 Å². The topological polar surface area (TPSA) is 42.0 Å². The van der Waals surface area contributed by atoms with Gasteiger partial charge in [-0.15, -0.1) is 0 Å². The van der Waals surface area contributed by atoms with Gasteiger partial charge in [0, 0.05) is 12.2 Å². The van der Waals surface area contributed by atoms with Crippen molar-refractivity contribution in [3.63, 3.8) is 0 Å². The van der Waals surface area contributed by atoms with Crippen LogP contribution < -0.4 is 5.32 Å². The second kappa shape index (κ2) is 5.04. The summed E-state index contributed by atoms with van der Waals surface area (Å²) in [7, 11) is 0. The van der Waals surface area contributed by atoms with Gasteiger partial charge in [-0.2, -0.15) is 0 Å². The summed E-state index contributed by atoms with van der Waals surface area (Å²) in [6.07, 6.45) is 6.72. The first-order chi connectivity index (χ1) is 8.48. The summed E-state index contributed by atoms with van der Waals surface area (Å²) in [6.45, 7) is 4.41. The van der Waals surface area contributed by atoms with E-state index < -0.39 is 5.82 Å². The summed E-state index contributed by atoms with van der Waals surface area (Å²) in [5.41, 5.74) is 0.334. The first kappa shape index (κ1) is 13.0. The van der Waals surface area contributed by atoms with Crippen LogP contribution in [0.2, 0.25) is 0 Å². The lowest BCUT2D eigenvalue weighted by Gasteiger charge is -2.35. The van der Waals surface area contributed by atoms with Gasteiger partial charge < -0.3 is 5.32 Å². The molecule has 1 amide bonds. The Balaban J connectivity index is 2.02. The number of hydrogen-bond donors (Lipinski definition) is 1. The number of carbonyl (C=O) groups is 1. The van der Waals surface area contributed by atoms with E-state index in [1.54, 1.807) is 0 Å². The molecule has 0 saturated heterocycles. The molecule has 0 spiro atoms. The van der Waals surface area contributed by atoms with E-state index in [0.29, 0.717) is 0 Å². The molecule has 1 unspecified atom stereocenters. The van der Waals surface area contributed by atoms with Crippen LogP contribution >= 0.6 is 0 Å². The van der Waals surface area contributed by atoms with Crippen LogP contribution in [-0.4, -0.2) is 16.9 Å². The standard InChI is InChI=1S/C14H19FN2O/c1-14(2)6-3-4-10(8-14)17-13(18)11-5-7-16-9-12(11)15/h5,7,9-10H,3-4,6,8H2,1-2H3,(H,17,18). The molecule has 1 aromatic rings. The highest BCUT2D eigenvalue weighted by Crippen LogP contribution is 2.35.